The summed E-state index contributed by atoms with van der Waals surface area (Å²) in [6.45, 7) is 3.76. The Kier molecular flexibility index (Phi) is 4.66. The second-order valence-electron chi connectivity index (χ2n) is 7.15. The Morgan fingerprint density at radius 2 is 1.89 bits per heavy atom. The first-order valence-electron chi connectivity index (χ1n) is 9.23. The molecule has 0 radical (unpaired) electrons. The van der Waals surface area contributed by atoms with E-state index in [2.05, 4.69) is 22.3 Å². The second kappa shape index (κ2) is 6.98. The SMILES string of the molecule is CC[C@@]1(c2cccc(Cl)c2)NC(=O)N(CN2CCc3ccccc3C2)C1=O. The van der Waals surface area contributed by atoms with Crippen LogP contribution in [0.15, 0.2) is 48.5 Å². The maximum Gasteiger partial charge on any atom is 0.326 e. The molecule has 3 amide bonds. The van der Waals surface area contributed by atoms with Crippen LogP contribution >= 0.6 is 11.6 Å². The Morgan fingerprint density at radius 3 is 2.63 bits per heavy atom. The highest BCUT2D eigenvalue weighted by molar-refractivity contribution is 6.30. The summed E-state index contributed by atoms with van der Waals surface area (Å²) in [6, 6.07) is 15.1. The molecule has 0 aliphatic carbocycles. The van der Waals surface area contributed by atoms with Crippen molar-refractivity contribution < 1.29 is 9.59 Å². The molecule has 1 saturated heterocycles. The largest absolute Gasteiger partial charge is 0.326 e. The average molecular weight is 384 g/mol. The molecule has 2 aliphatic rings. The number of nitrogens with zero attached hydrogens (tertiary/aromatic N) is 2. The van der Waals surface area contributed by atoms with Crippen LogP contribution in [-0.2, 0) is 23.3 Å². The standard InChI is InChI=1S/C21H22ClN3O2/c1-2-21(17-8-5-9-18(22)12-17)19(26)25(20(27)23-21)14-24-11-10-15-6-3-4-7-16(15)13-24/h3-9,12H,2,10-11,13-14H2,1H3,(H,23,27)/t21-/m0/s1. The van der Waals surface area contributed by atoms with Crippen molar-refractivity contribution in [1.82, 2.24) is 15.1 Å². The zero-order valence-electron chi connectivity index (χ0n) is 15.2. The molecule has 2 heterocycles. The van der Waals surface area contributed by atoms with Crippen LogP contribution in [0.3, 0.4) is 0 Å². The Labute approximate surface area is 163 Å². The van der Waals surface area contributed by atoms with Gasteiger partial charge in [-0.25, -0.2) is 9.69 Å². The summed E-state index contributed by atoms with van der Waals surface area (Å²) >= 11 is 6.12. The number of imide groups is 1. The van der Waals surface area contributed by atoms with Gasteiger partial charge in [0.15, 0.2) is 0 Å². The maximum atomic E-state index is 13.3. The van der Waals surface area contributed by atoms with Gasteiger partial charge in [0.05, 0.1) is 6.67 Å². The Morgan fingerprint density at radius 1 is 1.11 bits per heavy atom. The fourth-order valence-corrected chi connectivity index (χ4v) is 4.21. The maximum absolute atomic E-state index is 13.3. The van der Waals surface area contributed by atoms with E-state index >= 15 is 0 Å². The van der Waals surface area contributed by atoms with E-state index in [1.807, 2.05) is 25.1 Å². The van der Waals surface area contributed by atoms with Crippen molar-refractivity contribution in [3.63, 3.8) is 0 Å². The number of rotatable bonds is 4. The fourth-order valence-electron chi connectivity index (χ4n) is 4.02. The zero-order valence-corrected chi connectivity index (χ0v) is 16.0. The van der Waals surface area contributed by atoms with Gasteiger partial charge in [-0.15, -0.1) is 0 Å². The van der Waals surface area contributed by atoms with Gasteiger partial charge < -0.3 is 5.32 Å². The number of hydrogen-bond acceptors (Lipinski definition) is 3. The number of urea groups is 1. The number of hydrogen-bond donors (Lipinski definition) is 1. The highest BCUT2D eigenvalue weighted by Gasteiger charge is 2.51. The molecule has 1 fully saturated rings. The van der Waals surface area contributed by atoms with Crippen LogP contribution in [0.2, 0.25) is 5.02 Å². The van der Waals surface area contributed by atoms with Gasteiger partial charge in [-0.05, 0) is 41.7 Å². The summed E-state index contributed by atoms with van der Waals surface area (Å²) in [5, 5.41) is 3.47. The molecule has 2 aromatic rings. The van der Waals surface area contributed by atoms with Crippen molar-refractivity contribution in [2.45, 2.75) is 31.8 Å². The molecule has 0 unspecified atom stereocenters. The van der Waals surface area contributed by atoms with Crippen LogP contribution < -0.4 is 5.32 Å². The number of nitrogens with one attached hydrogen (secondary N) is 1. The number of fused-ring (bicyclic) bond motifs is 1. The van der Waals surface area contributed by atoms with Crippen molar-refractivity contribution in [2.24, 2.45) is 0 Å². The predicted molar refractivity (Wildman–Crippen MR) is 104 cm³/mol. The summed E-state index contributed by atoms with van der Waals surface area (Å²) in [6.07, 6.45) is 1.39. The molecule has 140 valence electrons. The molecule has 0 spiro atoms. The number of benzene rings is 2. The molecule has 27 heavy (non-hydrogen) atoms. The topological polar surface area (TPSA) is 52.7 Å². The Balaban J connectivity index is 1.56. The average Bonchev–Trinajstić information content (AvgIpc) is 2.93. The minimum atomic E-state index is -1.05. The van der Waals surface area contributed by atoms with E-state index in [0.717, 1.165) is 25.1 Å². The van der Waals surface area contributed by atoms with Gasteiger partial charge in [-0.1, -0.05) is 54.9 Å². The van der Waals surface area contributed by atoms with Gasteiger partial charge >= 0.3 is 6.03 Å². The lowest BCUT2D eigenvalue weighted by Gasteiger charge is -2.31. The Hall–Kier alpha value is -2.37. The third kappa shape index (κ3) is 3.11. The molecule has 5 nitrogen and oxygen atoms in total. The molecular weight excluding hydrogens is 362 g/mol. The first-order chi connectivity index (χ1) is 13.0. The van der Waals surface area contributed by atoms with Crippen molar-refractivity contribution in [2.75, 3.05) is 13.2 Å². The first-order valence-corrected chi connectivity index (χ1v) is 9.60. The molecule has 2 aromatic carbocycles. The number of amides is 3. The van der Waals surface area contributed by atoms with Crippen LogP contribution in [0.5, 0.6) is 0 Å². The van der Waals surface area contributed by atoms with Gasteiger partial charge in [-0.3, -0.25) is 9.69 Å². The lowest BCUT2D eigenvalue weighted by molar-refractivity contribution is -0.133. The van der Waals surface area contributed by atoms with Crippen molar-refractivity contribution >= 4 is 23.5 Å². The van der Waals surface area contributed by atoms with Crippen LogP contribution in [0.4, 0.5) is 4.79 Å². The summed E-state index contributed by atoms with van der Waals surface area (Å²) in [7, 11) is 0. The van der Waals surface area contributed by atoms with E-state index < -0.39 is 5.54 Å². The van der Waals surface area contributed by atoms with E-state index in [1.54, 1.807) is 18.2 Å². The smallest absolute Gasteiger partial charge is 0.319 e. The van der Waals surface area contributed by atoms with Gasteiger partial charge in [0.2, 0.25) is 0 Å². The summed E-state index contributed by atoms with van der Waals surface area (Å²) < 4.78 is 0. The molecule has 2 aliphatic heterocycles. The minimum absolute atomic E-state index is 0.212. The fraction of sp³-hybridized carbons (Fsp3) is 0.333. The number of carbonyl (C=O) groups excluding carboxylic acids is 2. The van der Waals surface area contributed by atoms with Gasteiger partial charge in [0.25, 0.3) is 5.91 Å². The number of carbonyl (C=O) groups is 2. The lowest BCUT2D eigenvalue weighted by Crippen LogP contribution is -2.46. The van der Waals surface area contributed by atoms with Crippen molar-refractivity contribution in [1.29, 1.82) is 0 Å². The molecule has 1 N–H and O–H groups in total. The molecule has 0 aromatic heterocycles. The van der Waals surface area contributed by atoms with Crippen LogP contribution in [-0.4, -0.2) is 35.0 Å². The summed E-state index contributed by atoms with van der Waals surface area (Å²) in [5.74, 6) is -0.212. The summed E-state index contributed by atoms with van der Waals surface area (Å²) in [4.78, 5) is 29.4. The highest BCUT2D eigenvalue weighted by atomic mass is 35.5. The number of halogens is 1. The van der Waals surface area contributed by atoms with E-state index in [4.69, 9.17) is 11.6 Å². The van der Waals surface area contributed by atoms with Crippen molar-refractivity contribution in [3.05, 3.63) is 70.2 Å². The quantitative estimate of drug-likeness (QED) is 0.822. The van der Waals surface area contributed by atoms with Gasteiger partial charge in [-0.2, -0.15) is 0 Å². The predicted octanol–water partition coefficient (Wildman–Crippen LogP) is 3.51. The third-order valence-electron chi connectivity index (χ3n) is 5.57. The van der Waals surface area contributed by atoms with Crippen molar-refractivity contribution in [3.8, 4) is 0 Å². The van der Waals surface area contributed by atoms with E-state index in [0.29, 0.717) is 18.1 Å². The monoisotopic (exact) mass is 383 g/mol. The third-order valence-corrected chi connectivity index (χ3v) is 5.81. The molecule has 0 saturated carbocycles. The highest BCUT2D eigenvalue weighted by Crippen LogP contribution is 2.34. The summed E-state index contributed by atoms with van der Waals surface area (Å²) in [5.41, 5.74) is 2.28. The lowest BCUT2D eigenvalue weighted by atomic mass is 9.87. The zero-order chi connectivity index (χ0) is 19.0. The molecule has 6 heteroatoms. The first kappa shape index (κ1) is 18.0. The molecule has 0 bridgehead atoms. The normalized spacial score (nSPS) is 22.7. The molecule has 1 atom stereocenters. The van der Waals surface area contributed by atoms with E-state index in [1.165, 1.54) is 16.0 Å². The molecular formula is C21H22ClN3O2. The van der Waals surface area contributed by atoms with Gasteiger partial charge in [0.1, 0.15) is 5.54 Å². The minimum Gasteiger partial charge on any atom is -0.319 e. The van der Waals surface area contributed by atoms with E-state index in [-0.39, 0.29) is 11.9 Å². The molecule has 4 rings (SSSR count). The van der Waals surface area contributed by atoms with Crippen LogP contribution in [0, 0.1) is 0 Å². The van der Waals surface area contributed by atoms with Gasteiger partial charge in [0, 0.05) is 18.1 Å². The van der Waals surface area contributed by atoms with Crippen LogP contribution in [0.1, 0.15) is 30.0 Å². The second-order valence-corrected chi connectivity index (χ2v) is 7.58. The van der Waals surface area contributed by atoms with Crippen LogP contribution in [0.25, 0.3) is 0 Å². The van der Waals surface area contributed by atoms with E-state index in [9.17, 15) is 9.59 Å². The Bertz CT molecular complexity index is 901.